The zero-order valence-corrected chi connectivity index (χ0v) is 17.9. The molecule has 8 heteroatoms. The molecule has 0 aliphatic carbocycles. The summed E-state index contributed by atoms with van der Waals surface area (Å²) in [6, 6.07) is 18.7. The zero-order valence-electron chi connectivity index (χ0n) is 17.9. The molecule has 2 N–H and O–H groups in total. The first-order valence-electron chi connectivity index (χ1n) is 10.0. The second-order valence-electron chi connectivity index (χ2n) is 7.29. The molecule has 0 bridgehead atoms. The number of nitrogens with zero attached hydrogens (tertiary/aromatic N) is 1. The van der Waals surface area contributed by atoms with Crippen molar-refractivity contribution in [3.63, 3.8) is 0 Å². The summed E-state index contributed by atoms with van der Waals surface area (Å²) in [4.78, 5) is 38.9. The van der Waals surface area contributed by atoms with E-state index in [0.29, 0.717) is 22.7 Å². The van der Waals surface area contributed by atoms with Crippen molar-refractivity contribution in [2.75, 3.05) is 22.6 Å². The van der Waals surface area contributed by atoms with Crippen molar-refractivity contribution in [3.05, 3.63) is 89.9 Å². The van der Waals surface area contributed by atoms with Crippen molar-refractivity contribution in [1.82, 2.24) is 0 Å². The largest absolute Gasteiger partial charge is 0.497 e. The lowest BCUT2D eigenvalue weighted by Gasteiger charge is -2.15. The van der Waals surface area contributed by atoms with Crippen molar-refractivity contribution in [3.8, 4) is 5.75 Å². The SMILES string of the molecule is COc1ccc(C2=C(Nc3ccc(NC(C)=O)cc3)C(=O)N(c3cccc(F)c3)C2=O)cc1. The van der Waals surface area contributed by atoms with Gasteiger partial charge in [0.05, 0.1) is 18.4 Å². The average Bonchev–Trinajstić information content (AvgIpc) is 3.04. The van der Waals surface area contributed by atoms with Crippen LogP contribution in [0.4, 0.5) is 21.5 Å². The molecule has 4 rings (SSSR count). The number of amides is 3. The van der Waals surface area contributed by atoms with E-state index < -0.39 is 17.6 Å². The number of rotatable bonds is 6. The summed E-state index contributed by atoms with van der Waals surface area (Å²) in [7, 11) is 1.53. The first-order valence-corrected chi connectivity index (χ1v) is 10.0. The number of benzene rings is 3. The molecule has 166 valence electrons. The number of hydrogen-bond donors (Lipinski definition) is 2. The number of methoxy groups -OCH3 is 1. The normalized spacial score (nSPS) is 13.4. The highest BCUT2D eigenvalue weighted by Crippen LogP contribution is 2.34. The summed E-state index contributed by atoms with van der Waals surface area (Å²) in [6.45, 7) is 1.40. The number of imide groups is 1. The van der Waals surface area contributed by atoms with Gasteiger partial charge in [-0.1, -0.05) is 18.2 Å². The number of ether oxygens (including phenoxy) is 1. The van der Waals surface area contributed by atoms with Gasteiger partial charge in [0, 0.05) is 18.3 Å². The zero-order chi connectivity index (χ0) is 23.5. The molecule has 0 aromatic heterocycles. The quantitative estimate of drug-likeness (QED) is 0.556. The summed E-state index contributed by atoms with van der Waals surface area (Å²) in [5, 5.41) is 5.69. The van der Waals surface area contributed by atoms with Crippen LogP contribution in [-0.2, 0) is 14.4 Å². The van der Waals surface area contributed by atoms with Crippen LogP contribution in [0.5, 0.6) is 5.75 Å². The monoisotopic (exact) mass is 445 g/mol. The minimum absolute atomic E-state index is 0.0571. The van der Waals surface area contributed by atoms with E-state index in [1.807, 2.05) is 0 Å². The second kappa shape index (κ2) is 8.96. The molecule has 3 aromatic rings. The molecule has 1 aliphatic rings. The van der Waals surface area contributed by atoms with Gasteiger partial charge >= 0.3 is 0 Å². The van der Waals surface area contributed by atoms with Crippen molar-refractivity contribution in [2.45, 2.75) is 6.92 Å². The molecule has 0 radical (unpaired) electrons. The lowest BCUT2D eigenvalue weighted by Crippen LogP contribution is -2.32. The summed E-state index contributed by atoms with van der Waals surface area (Å²) in [6.07, 6.45) is 0. The third kappa shape index (κ3) is 4.45. The van der Waals surface area contributed by atoms with E-state index in [9.17, 15) is 18.8 Å². The Morgan fingerprint density at radius 3 is 2.18 bits per heavy atom. The van der Waals surface area contributed by atoms with Crippen LogP contribution in [0, 0.1) is 5.82 Å². The summed E-state index contributed by atoms with van der Waals surface area (Å²) in [5.74, 6) is -1.35. The Balaban J connectivity index is 1.75. The van der Waals surface area contributed by atoms with Crippen molar-refractivity contribution < 1.29 is 23.5 Å². The molecule has 0 atom stereocenters. The molecule has 0 fully saturated rings. The smallest absolute Gasteiger partial charge is 0.282 e. The van der Waals surface area contributed by atoms with E-state index in [4.69, 9.17) is 4.74 Å². The van der Waals surface area contributed by atoms with E-state index in [1.54, 1.807) is 48.5 Å². The molecule has 3 amide bonds. The van der Waals surface area contributed by atoms with Gasteiger partial charge in [-0.2, -0.15) is 0 Å². The molecule has 0 unspecified atom stereocenters. The van der Waals surface area contributed by atoms with Gasteiger partial charge in [0.25, 0.3) is 11.8 Å². The molecule has 1 aliphatic heterocycles. The first-order chi connectivity index (χ1) is 15.9. The highest BCUT2D eigenvalue weighted by atomic mass is 19.1. The van der Waals surface area contributed by atoms with Crippen LogP contribution in [0.1, 0.15) is 12.5 Å². The lowest BCUT2D eigenvalue weighted by molar-refractivity contribution is -0.120. The third-order valence-corrected chi connectivity index (χ3v) is 5.00. The molecular weight excluding hydrogens is 425 g/mol. The third-order valence-electron chi connectivity index (χ3n) is 5.00. The summed E-state index contributed by atoms with van der Waals surface area (Å²) < 4.78 is 19.0. The van der Waals surface area contributed by atoms with E-state index in [0.717, 1.165) is 11.0 Å². The molecule has 7 nitrogen and oxygen atoms in total. The van der Waals surface area contributed by atoms with E-state index >= 15 is 0 Å². The Hall–Kier alpha value is -4.46. The first kappa shape index (κ1) is 21.8. The van der Waals surface area contributed by atoms with Gasteiger partial charge in [0.2, 0.25) is 5.91 Å². The van der Waals surface area contributed by atoms with Crippen LogP contribution in [0.3, 0.4) is 0 Å². The van der Waals surface area contributed by atoms with Crippen molar-refractivity contribution >= 4 is 40.4 Å². The number of nitrogens with one attached hydrogen (secondary N) is 2. The number of carbonyl (C=O) groups is 3. The predicted octanol–water partition coefficient (Wildman–Crippen LogP) is 4.19. The molecular formula is C25H20FN3O4. The molecule has 1 heterocycles. The molecule has 0 saturated heterocycles. The Morgan fingerprint density at radius 1 is 0.909 bits per heavy atom. The van der Waals surface area contributed by atoms with Crippen LogP contribution in [0.15, 0.2) is 78.5 Å². The highest BCUT2D eigenvalue weighted by Gasteiger charge is 2.40. The van der Waals surface area contributed by atoms with Gasteiger partial charge in [-0.25, -0.2) is 9.29 Å². The Kier molecular flexibility index (Phi) is 5.91. The second-order valence-corrected chi connectivity index (χ2v) is 7.29. The van der Waals surface area contributed by atoms with E-state index in [2.05, 4.69) is 10.6 Å². The lowest BCUT2D eigenvalue weighted by atomic mass is 10.0. The van der Waals surface area contributed by atoms with Gasteiger partial charge < -0.3 is 15.4 Å². The Bertz CT molecular complexity index is 1270. The number of hydrogen-bond acceptors (Lipinski definition) is 5. The number of anilines is 3. The van der Waals surface area contributed by atoms with Crippen molar-refractivity contribution in [2.24, 2.45) is 0 Å². The standard InChI is InChI=1S/C25H20FN3O4/c1-15(30)27-18-8-10-19(11-9-18)28-23-22(16-6-12-21(33-2)13-7-16)24(31)29(25(23)32)20-5-3-4-17(26)14-20/h3-14,28H,1-2H3,(H,27,30). The van der Waals surface area contributed by atoms with Crippen molar-refractivity contribution in [1.29, 1.82) is 0 Å². The number of carbonyl (C=O) groups excluding carboxylic acids is 3. The van der Waals surface area contributed by atoms with Crippen LogP contribution < -0.4 is 20.3 Å². The van der Waals surface area contributed by atoms with Crippen LogP contribution in [0.25, 0.3) is 5.57 Å². The topological polar surface area (TPSA) is 87.7 Å². The average molecular weight is 445 g/mol. The number of halogens is 1. The molecule has 0 spiro atoms. The predicted molar refractivity (Wildman–Crippen MR) is 123 cm³/mol. The Morgan fingerprint density at radius 2 is 1.58 bits per heavy atom. The minimum Gasteiger partial charge on any atom is -0.497 e. The molecule has 0 saturated carbocycles. The van der Waals surface area contributed by atoms with Crippen LogP contribution >= 0.6 is 0 Å². The van der Waals surface area contributed by atoms with E-state index in [1.165, 1.54) is 32.2 Å². The molecule has 3 aromatic carbocycles. The summed E-state index contributed by atoms with van der Waals surface area (Å²) in [5.41, 5.74) is 1.97. The fourth-order valence-corrected chi connectivity index (χ4v) is 3.51. The maximum atomic E-state index is 13.8. The van der Waals surface area contributed by atoms with Gasteiger partial charge in [-0.3, -0.25) is 14.4 Å². The summed E-state index contributed by atoms with van der Waals surface area (Å²) >= 11 is 0. The van der Waals surface area contributed by atoms with Gasteiger partial charge in [0.1, 0.15) is 17.3 Å². The molecule has 33 heavy (non-hydrogen) atoms. The maximum Gasteiger partial charge on any atom is 0.282 e. The fourth-order valence-electron chi connectivity index (χ4n) is 3.51. The Labute approximate surface area is 189 Å². The minimum atomic E-state index is -0.609. The van der Waals surface area contributed by atoms with Gasteiger partial charge in [-0.15, -0.1) is 0 Å². The highest BCUT2D eigenvalue weighted by molar-refractivity contribution is 6.46. The van der Waals surface area contributed by atoms with Gasteiger partial charge in [-0.05, 0) is 60.2 Å². The fraction of sp³-hybridized carbons (Fsp3) is 0.0800. The maximum absolute atomic E-state index is 13.8. The van der Waals surface area contributed by atoms with Crippen LogP contribution in [0.2, 0.25) is 0 Å². The van der Waals surface area contributed by atoms with Crippen LogP contribution in [-0.4, -0.2) is 24.8 Å². The van der Waals surface area contributed by atoms with Gasteiger partial charge in [0.15, 0.2) is 0 Å². The van der Waals surface area contributed by atoms with E-state index in [-0.39, 0.29) is 22.9 Å².